The fourth-order valence-electron chi connectivity index (χ4n) is 3.75. The summed E-state index contributed by atoms with van der Waals surface area (Å²) in [5.74, 6) is -1.16. The molecule has 1 atom stereocenters. The monoisotopic (exact) mass is 417 g/mol. The molecule has 1 saturated heterocycles. The maximum Gasteiger partial charge on any atom is 0.414 e. The molecule has 1 aromatic carbocycles. The first-order chi connectivity index (χ1) is 14.2. The molecule has 2 aliphatic rings. The van der Waals surface area contributed by atoms with Gasteiger partial charge >= 0.3 is 12.2 Å². The summed E-state index contributed by atoms with van der Waals surface area (Å²) >= 11 is 0. The van der Waals surface area contributed by atoms with E-state index in [1.165, 1.54) is 11.0 Å². The molecule has 0 aliphatic carbocycles. The fourth-order valence-corrected chi connectivity index (χ4v) is 3.75. The van der Waals surface area contributed by atoms with E-state index in [9.17, 15) is 18.8 Å². The quantitative estimate of drug-likeness (QED) is 0.810. The molecule has 0 radical (unpaired) electrons. The van der Waals surface area contributed by atoms with Crippen LogP contribution in [0.5, 0.6) is 0 Å². The smallest absolute Gasteiger partial charge is 0.414 e. The number of imide groups is 1. The minimum Gasteiger partial charge on any atom is -0.465 e. The number of aryl methyl sites for hydroxylation is 1. The molecule has 10 nitrogen and oxygen atoms in total. The van der Waals surface area contributed by atoms with E-state index in [1.807, 2.05) is 18.1 Å². The predicted molar refractivity (Wildman–Crippen MR) is 103 cm³/mol. The van der Waals surface area contributed by atoms with Gasteiger partial charge in [-0.3, -0.25) is 14.4 Å². The van der Waals surface area contributed by atoms with Gasteiger partial charge in [0, 0.05) is 32.3 Å². The fraction of sp³-hybridized carbons (Fsp3) is 0.368. The lowest BCUT2D eigenvalue weighted by atomic mass is 10.2. The van der Waals surface area contributed by atoms with Gasteiger partial charge in [0.2, 0.25) is 5.91 Å². The Kier molecular flexibility index (Phi) is 4.80. The minimum absolute atomic E-state index is 0.00835. The van der Waals surface area contributed by atoms with E-state index in [0.29, 0.717) is 29.4 Å². The van der Waals surface area contributed by atoms with Crippen LogP contribution in [-0.2, 0) is 29.7 Å². The summed E-state index contributed by atoms with van der Waals surface area (Å²) in [7, 11) is 1.84. The summed E-state index contributed by atoms with van der Waals surface area (Å²) in [4.78, 5) is 38.4. The van der Waals surface area contributed by atoms with Crippen molar-refractivity contribution in [3.05, 3.63) is 41.5 Å². The first kappa shape index (κ1) is 19.7. The van der Waals surface area contributed by atoms with E-state index in [0.717, 1.165) is 18.2 Å². The molecule has 0 bridgehead atoms. The van der Waals surface area contributed by atoms with Crippen molar-refractivity contribution in [1.29, 1.82) is 0 Å². The number of aromatic nitrogens is 2. The molecule has 158 valence electrons. The summed E-state index contributed by atoms with van der Waals surface area (Å²) < 4.78 is 21.7. The van der Waals surface area contributed by atoms with Crippen LogP contribution < -0.4 is 9.80 Å². The number of fused-ring (bicyclic) bond motifs is 1. The van der Waals surface area contributed by atoms with E-state index in [1.54, 1.807) is 16.8 Å². The molecule has 4 rings (SSSR count). The van der Waals surface area contributed by atoms with Gasteiger partial charge in [-0.25, -0.2) is 18.9 Å². The number of hydrogen-bond acceptors (Lipinski definition) is 6. The molecule has 11 heteroatoms. The summed E-state index contributed by atoms with van der Waals surface area (Å²) in [6.07, 6.45) is -1.07. The van der Waals surface area contributed by atoms with Crippen LogP contribution in [0.15, 0.2) is 24.4 Å². The van der Waals surface area contributed by atoms with Crippen molar-refractivity contribution in [2.45, 2.75) is 26.1 Å². The van der Waals surface area contributed by atoms with Gasteiger partial charge in [-0.05, 0) is 18.2 Å². The highest BCUT2D eigenvalue weighted by molar-refractivity contribution is 5.91. The Labute approximate surface area is 171 Å². The minimum atomic E-state index is -1.42. The number of rotatable bonds is 4. The van der Waals surface area contributed by atoms with Crippen molar-refractivity contribution in [3.8, 4) is 0 Å². The number of amides is 3. The Morgan fingerprint density at radius 2 is 2.13 bits per heavy atom. The molecular weight excluding hydrogens is 397 g/mol. The first-order valence-electron chi connectivity index (χ1n) is 9.28. The number of nitrogens with zero attached hydrogens (tertiary/aromatic N) is 5. The number of halogens is 1. The standard InChI is InChI=1S/C19H20FN5O5/c1-11(26)24(18(27)28)8-14-9-25(19(29)30-14)13-3-4-17(15(20)5-13)23-7-12-6-22(2)21-16(12)10-23/h3-6,14H,7-10H2,1-2H3,(H,27,28)/t14-/m0/s1. The lowest BCUT2D eigenvalue weighted by Crippen LogP contribution is -2.41. The predicted octanol–water partition coefficient (Wildman–Crippen LogP) is 1.93. The molecule has 0 spiro atoms. The number of benzene rings is 1. The molecule has 2 aromatic rings. The van der Waals surface area contributed by atoms with Gasteiger partial charge in [-0.1, -0.05) is 0 Å². The van der Waals surface area contributed by atoms with Gasteiger partial charge in [-0.15, -0.1) is 0 Å². The third kappa shape index (κ3) is 3.53. The molecule has 2 aliphatic heterocycles. The van der Waals surface area contributed by atoms with Gasteiger partial charge in [0.05, 0.1) is 36.7 Å². The number of cyclic esters (lactones) is 1. The summed E-state index contributed by atoms with van der Waals surface area (Å²) in [6, 6.07) is 4.45. The van der Waals surface area contributed by atoms with Crippen molar-refractivity contribution in [2.75, 3.05) is 22.9 Å². The molecule has 3 heterocycles. The number of anilines is 2. The number of carbonyl (C=O) groups excluding carboxylic acids is 2. The second kappa shape index (κ2) is 7.32. The van der Waals surface area contributed by atoms with Crippen molar-refractivity contribution in [1.82, 2.24) is 14.7 Å². The van der Waals surface area contributed by atoms with Crippen molar-refractivity contribution in [3.63, 3.8) is 0 Å². The zero-order valence-electron chi connectivity index (χ0n) is 16.4. The van der Waals surface area contributed by atoms with E-state index in [2.05, 4.69) is 5.10 Å². The van der Waals surface area contributed by atoms with Crippen LogP contribution in [-0.4, -0.2) is 57.1 Å². The highest BCUT2D eigenvalue weighted by atomic mass is 19.1. The molecule has 1 aromatic heterocycles. The van der Waals surface area contributed by atoms with Crippen LogP contribution >= 0.6 is 0 Å². The third-order valence-corrected chi connectivity index (χ3v) is 5.15. The van der Waals surface area contributed by atoms with E-state index >= 15 is 0 Å². The number of hydrogen-bond donors (Lipinski definition) is 1. The van der Waals surface area contributed by atoms with E-state index in [-0.39, 0.29) is 13.1 Å². The average Bonchev–Trinajstić information content (AvgIpc) is 3.31. The second-order valence-corrected chi connectivity index (χ2v) is 7.30. The Morgan fingerprint density at radius 1 is 1.37 bits per heavy atom. The van der Waals surface area contributed by atoms with Gasteiger partial charge in [-0.2, -0.15) is 5.10 Å². The van der Waals surface area contributed by atoms with Gasteiger partial charge in [0.25, 0.3) is 0 Å². The summed E-state index contributed by atoms with van der Waals surface area (Å²) in [6.45, 7) is 1.88. The van der Waals surface area contributed by atoms with Crippen LogP contribution in [0.2, 0.25) is 0 Å². The second-order valence-electron chi connectivity index (χ2n) is 7.30. The first-order valence-corrected chi connectivity index (χ1v) is 9.28. The van der Waals surface area contributed by atoms with Crippen molar-refractivity contribution < 1.29 is 28.6 Å². The van der Waals surface area contributed by atoms with Crippen LogP contribution in [0.25, 0.3) is 0 Å². The average molecular weight is 417 g/mol. The van der Waals surface area contributed by atoms with Crippen LogP contribution in [0.3, 0.4) is 0 Å². The molecule has 0 unspecified atom stereocenters. The third-order valence-electron chi connectivity index (χ3n) is 5.15. The number of carboxylic acid groups (broad SMARTS) is 1. The van der Waals surface area contributed by atoms with Crippen molar-refractivity contribution >= 4 is 29.5 Å². The maximum absolute atomic E-state index is 14.8. The van der Waals surface area contributed by atoms with Crippen LogP contribution in [0, 0.1) is 5.82 Å². The maximum atomic E-state index is 14.8. The Balaban J connectivity index is 1.46. The van der Waals surface area contributed by atoms with E-state index in [4.69, 9.17) is 9.84 Å². The van der Waals surface area contributed by atoms with Gasteiger partial charge in [0.1, 0.15) is 11.9 Å². The Hall–Kier alpha value is -3.63. The number of carbonyl (C=O) groups is 3. The Bertz CT molecular complexity index is 1000. The highest BCUT2D eigenvalue weighted by Crippen LogP contribution is 2.32. The molecule has 1 fully saturated rings. The molecule has 1 N–H and O–H groups in total. The zero-order valence-corrected chi connectivity index (χ0v) is 16.4. The molecular formula is C19H20FN5O5. The molecule has 30 heavy (non-hydrogen) atoms. The van der Waals surface area contributed by atoms with Crippen LogP contribution in [0.1, 0.15) is 18.2 Å². The Morgan fingerprint density at radius 3 is 2.77 bits per heavy atom. The zero-order chi connectivity index (χ0) is 21.6. The van der Waals surface area contributed by atoms with Gasteiger partial charge < -0.3 is 14.7 Å². The summed E-state index contributed by atoms with van der Waals surface area (Å²) in [5.41, 5.74) is 2.64. The molecule has 0 saturated carbocycles. The normalized spacial score (nSPS) is 17.8. The van der Waals surface area contributed by atoms with E-state index < -0.39 is 30.0 Å². The lowest BCUT2D eigenvalue weighted by molar-refractivity contribution is -0.127. The largest absolute Gasteiger partial charge is 0.465 e. The highest BCUT2D eigenvalue weighted by Gasteiger charge is 2.36. The topological polar surface area (TPSA) is 108 Å². The molecule has 3 amide bonds. The summed E-state index contributed by atoms with van der Waals surface area (Å²) in [5, 5.41) is 13.4. The van der Waals surface area contributed by atoms with Gasteiger partial charge in [0.15, 0.2) is 0 Å². The lowest BCUT2D eigenvalue weighted by Gasteiger charge is -2.21. The van der Waals surface area contributed by atoms with Crippen LogP contribution in [0.4, 0.5) is 25.4 Å². The van der Waals surface area contributed by atoms with Crippen molar-refractivity contribution in [2.24, 2.45) is 7.05 Å². The SMILES string of the molecule is CC(=O)N(C[C@H]1CN(c2ccc(N3Cc4cn(C)nc4C3)c(F)c2)C(=O)O1)C(=O)O. The number of ether oxygens (including phenoxy) is 1.